The van der Waals surface area contributed by atoms with Gasteiger partial charge in [-0.15, -0.1) is 0 Å². The summed E-state index contributed by atoms with van der Waals surface area (Å²) in [6.07, 6.45) is 6.13. The van der Waals surface area contributed by atoms with Crippen molar-refractivity contribution in [2.75, 3.05) is 5.75 Å². The van der Waals surface area contributed by atoms with Crippen LogP contribution in [0.1, 0.15) is 51.9 Å². The van der Waals surface area contributed by atoms with Gasteiger partial charge in [0.2, 0.25) is 0 Å². The molecule has 1 saturated heterocycles. The van der Waals surface area contributed by atoms with E-state index in [0.29, 0.717) is 12.1 Å². The lowest BCUT2D eigenvalue weighted by molar-refractivity contribution is -0.268. The van der Waals surface area contributed by atoms with Crippen LogP contribution in [0.5, 0.6) is 0 Å². The second-order valence-electron chi connectivity index (χ2n) is 11.2. The predicted molar refractivity (Wildman–Crippen MR) is 174 cm³/mol. The highest BCUT2D eigenvalue weighted by Gasteiger charge is 2.38. The molecule has 2 aromatic heterocycles. The van der Waals surface area contributed by atoms with Crippen LogP contribution >= 0.6 is 11.8 Å². The predicted octanol–water partition coefficient (Wildman–Crippen LogP) is 6.49. The van der Waals surface area contributed by atoms with E-state index < -0.39 is 6.29 Å². The van der Waals surface area contributed by atoms with Crippen LogP contribution in [0.4, 0.5) is 0 Å². The molecule has 0 saturated carbocycles. The Labute approximate surface area is 267 Å². The number of imidazole rings is 1. The number of aliphatic hydroxyl groups excluding tert-OH is 1. The second kappa shape index (κ2) is 14.2. The number of nitrogens with zero attached hydrogens (tertiary/aromatic N) is 3. The van der Waals surface area contributed by atoms with Crippen molar-refractivity contribution >= 4 is 17.7 Å². The summed E-state index contributed by atoms with van der Waals surface area (Å²) >= 11 is 1.68. The first-order valence-corrected chi connectivity index (χ1v) is 16.0. The number of carbonyl (C=O) groups is 1. The third-order valence-electron chi connectivity index (χ3n) is 8.15. The first kappa shape index (κ1) is 30.7. The van der Waals surface area contributed by atoms with Gasteiger partial charge in [0.15, 0.2) is 11.4 Å². The van der Waals surface area contributed by atoms with Gasteiger partial charge in [-0.25, -0.2) is 4.98 Å². The van der Waals surface area contributed by atoms with Crippen LogP contribution in [0.2, 0.25) is 0 Å². The van der Waals surface area contributed by atoms with Gasteiger partial charge in [-0.3, -0.25) is 9.78 Å². The van der Waals surface area contributed by atoms with Crippen LogP contribution in [0, 0.1) is 5.92 Å². The molecule has 0 radical (unpaired) electrons. The zero-order valence-corrected chi connectivity index (χ0v) is 26.1. The summed E-state index contributed by atoms with van der Waals surface area (Å²) in [5.41, 5.74) is 6.47. The van der Waals surface area contributed by atoms with Crippen LogP contribution in [0.3, 0.4) is 0 Å². The molecule has 2 N–H and O–H groups in total. The molecule has 0 aliphatic carbocycles. The molecule has 0 spiro atoms. The van der Waals surface area contributed by atoms with Crippen molar-refractivity contribution in [1.29, 1.82) is 0 Å². The van der Waals surface area contributed by atoms with Crippen LogP contribution in [-0.2, 0) is 29.7 Å². The van der Waals surface area contributed by atoms with E-state index in [-0.39, 0.29) is 30.6 Å². The number of nitrogens with one attached hydrogen (secondary N) is 1. The summed E-state index contributed by atoms with van der Waals surface area (Å²) < 4.78 is 15.3. The number of thioether (sulfide) groups is 1. The molecule has 3 aromatic carbocycles. The molecule has 6 rings (SSSR count). The maximum Gasteiger partial charge on any atom is 0.253 e. The third kappa shape index (κ3) is 7.18. The minimum absolute atomic E-state index is 0.00236. The molecular formula is C36H36N4O4S. The molecular weight excluding hydrogens is 584 g/mol. The van der Waals surface area contributed by atoms with Crippen LogP contribution in [-0.4, -0.2) is 37.4 Å². The van der Waals surface area contributed by atoms with Crippen molar-refractivity contribution in [1.82, 2.24) is 19.9 Å². The largest absolute Gasteiger partial charge is 0.392 e. The Hall–Kier alpha value is -4.28. The Kier molecular flexibility index (Phi) is 9.71. The second-order valence-corrected chi connectivity index (χ2v) is 12.1. The van der Waals surface area contributed by atoms with Crippen molar-refractivity contribution in [3.63, 3.8) is 0 Å². The van der Waals surface area contributed by atoms with Gasteiger partial charge in [0, 0.05) is 55.6 Å². The fourth-order valence-electron chi connectivity index (χ4n) is 5.51. The lowest BCUT2D eigenvalue weighted by Gasteiger charge is -2.41. The molecule has 230 valence electrons. The average Bonchev–Trinajstić information content (AvgIpc) is 3.51. The summed E-state index contributed by atoms with van der Waals surface area (Å²) in [5.74, 6) is 0.653. The van der Waals surface area contributed by atoms with E-state index in [1.54, 1.807) is 42.5 Å². The molecule has 3 heterocycles. The number of amides is 1. The highest BCUT2D eigenvalue weighted by atomic mass is 32.2. The van der Waals surface area contributed by atoms with Gasteiger partial charge in [-0.2, -0.15) is 0 Å². The molecule has 0 bridgehead atoms. The Morgan fingerprint density at radius 1 is 0.956 bits per heavy atom. The Balaban J connectivity index is 1.21. The summed E-state index contributed by atoms with van der Waals surface area (Å²) in [4.78, 5) is 21.1. The number of rotatable bonds is 10. The van der Waals surface area contributed by atoms with Crippen LogP contribution in [0.25, 0.3) is 11.1 Å². The highest BCUT2D eigenvalue weighted by Crippen LogP contribution is 2.43. The summed E-state index contributed by atoms with van der Waals surface area (Å²) in [6, 6.07) is 27.8. The highest BCUT2D eigenvalue weighted by molar-refractivity contribution is 7.99. The van der Waals surface area contributed by atoms with Gasteiger partial charge < -0.3 is 24.5 Å². The number of carbonyl (C=O) groups excluding carboxylic acids is 1. The number of aromatic nitrogens is 3. The molecule has 8 nitrogen and oxygen atoms in total. The number of aryl methyl sites for hydroxylation is 1. The van der Waals surface area contributed by atoms with E-state index in [1.807, 2.05) is 60.3 Å². The molecule has 1 aliphatic rings. The van der Waals surface area contributed by atoms with E-state index in [2.05, 4.69) is 52.5 Å². The standard InChI is InChI=1S/C36H36N4O4S/c1-24-32(23-45-36-38-18-19-40(36)2)43-35(44-33(24)27-11-9-25(22-41)10-12-27)28-15-13-26(14-16-28)31-8-4-3-6-29(31)21-39-34(42)30-7-5-17-37-20-30/h3-20,24,32-33,35,41H,21-23H2,1-2H3,(H,39,42)/t24-,32+,33+,35+/m1/s1. The molecule has 1 amide bonds. The molecule has 45 heavy (non-hydrogen) atoms. The summed E-state index contributed by atoms with van der Waals surface area (Å²) in [7, 11) is 1.99. The molecule has 5 aromatic rings. The van der Waals surface area contributed by atoms with Gasteiger partial charge in [-0.1, -0.05) is 91.5 Å². The smallest absolute Gasteiger partial charge is 0.253 e. The monoisotopic (exact) mass is 620 g/mol. The van der Waals surface area contributed by atoms with E-state index >= 15 is 0 Å². The first-order valence-electron chi connectivity index (χ1n) is 15.0. The van der Waals surface area contributed by atoms with Crippen LogP contribution < -0.4 is 5.32 Å². The van der Waals surface area contributed by atoms with Gasteiger partial charge in [0.1, 0.15) is 0 Å². The van der Waals surface area contributed by atoms with Crippen LogP contribution in [0.15, 0.2) is 115 Å². The molecule has 9 heteroatoms. The number of ether oxygens (including phenoxy) is 2. The Bertz CT molecular complexity index is 1710. The fraction of sp³-hybridized carbons (Fsp3) is 0.250. The number of hydrogen-bond donors (Lipinski definition) is 2. The minimum Gasteiger partial charge on any atom is -0.392 e. The lowest BCUT2D eigenvalue weighted by Crippen LogP contribution is -2.38. The molecule has 1 fully saturated rings. The third-order valence-corrected chi connectivity index (χ3v) is 9.30. The average molecular weight is 621 g/mol. The van der Waals surface area contributed by atoms with E-state index in [1.165, 1.54) is 0 Å². The first-order chi connectivity index (χ1) is 22.0. The van der Waals surface area contributed by atoms with Gasteiger partial charge >= 0.3 is 0 Å². The Morgan fingerprint density at radius 3 is 2.44 bits per heavy atom. The Morgan fingerprint density at radius 2 is 1.73 bits per heavy atom. The van der Waals surface area contributed by atoms with Gasteiger partial charge in [-0.05, 0) is 39.9 Å². The minimum atomic E-state index is -0.557. The SMILES string of the molecule is C[C@@H]1[C@H](CSc2nccn2C)O[C@H](c2ccc(-c3ccccc3CNC(=O)c3cccnc3)cc2)O[C@@H]1c1ccc(CO)cc1. The quantitative estimate of drug-likeness (QED) is 0.172. The number of benzene rings is 3. The van der Waals surface area contributed by atoms with E-state index in [0.717, 1.165) is 44.3 Å². The van der Waals surface area contributed by atoms with Crippen molar-refractivity contribution in [2.45, 2.75) is 43.7 Å². The van der Waals surface area contributed by atoms with E-state index in [9.17, 15) is 9.90 Å². The van der Waals surface area contributed by atoms with Gasteiger partial charge in [0.05, 0.1) is 24.4 Å². The zero-order chi connectivity index (χ0) is 31.2. The summed E-state index contributed by atoms with van der Waals surface area (Å²) in [5, 5.41) is 13.5. The number of pyridine rings is 1. The normalized spacial score (nSPS) is 19.7. The van der Waals surface area contributed by atoms with Crippen molar-refractivity contribution < 1.29 is 19.4 Å². The number of aliphatic hydroxyl groups is 1. The zero-order valence-electron chi connectivity index (χ0n) is 25.2. The lowest BCUT2D eigenvalue weighted by atomic mass is 9.91. The van der Waals surface area contributed by atoms with E-state index in [4.69, 9.17) is 9.47 Å². The summed E-state index contributed by atoms with van der Waals surface area (Å²) in [6.45, 7) is 2.56. The molecule has 0 unspecified atom stereocenters. The van der Waals surface area contributed by atoms with Crippen molar-refractivity contribution in [3.8, 4) is 11.1 Å². The fourth-order valence-corrected chi connectivity index (χ4v) is 6.60. The topological polar surface area (TPSA) is 98.5 Å². The number of hydrogen-bond acceptors (Lipinski definition) is 7. The van der Waals surface area contributed by atoms with Crippen molar-refractivity contribution in [3.05, 3.63) is 138 Å². The maximum atomic E-state index is 12.6. The van der Waals surface area contributed by atoms with Gasteiger partial charge in [0.25, 0.3) is 5.91 Å². The molecule has 1 aliphatic heterocycles. The molecule has 4 atom stereocenters. The maximum absolute atomic E-state index is 12.6. The van der Waals surface area contributed by atoms with Crippen molar-refractivity contribution in [2.24, 2.45) is 13.0 Å².